The Hall–Kier alpha value is -2.57. The van der Waals surface area contributed by atoms with E-state index in [1.54, 1.807) is 0 Å². The average molecular weight is 331 g/mol. The number of rotatable bonds is 3. The summed E-state index contributed by atoms with van der Waals surface area (Å²) in [5.74, 6) is 6.57. The lowest BCUT2D eigenvalue weighted by molar-refractivity contribution is 0.191. The fourth-order valence-corrected chi connectivity index (χ4v) is 2.90. The molecular formula is C22H25N3. The van der Waals surface area contributed by atoms with Crippen molar-refractivity contribution in [3.8, 4) is 23.0 Å². The van der Waals surface area contributed by atoms with Gasteiger partial charge in [-0.15, -0.1) is 0 Å². The Morgan fingerprint density at radius 1 is 1.04 bits per heavy atom. The number of hydrogen-bond donors (Lipinski definition) is 0. The van der Waals surface area contributed by atoms with Crippen molar-refractivity contribution < 1.29 is 0 Å². The summed E-state index contributed by atoms with van der Waals surface area (Å²) in [5, 5.41) is 0. The minimum Gasteiger partial charge on any atom is -0.362 e. The second kappa shape index (κ2) is 8.50. The Morgan fingerprint density at radius 3 is 2.44 bits per heavy atom. The van der Waals surface area contributed by atoms with Crippen LogP contribution in [0.2, 0.25) is 0 Å². The van der Waals surface area contributed by atoms with Crippen LogP contribution in [0, 0.1) is 11.8 Å². The first kappa shape index (κ1) is 17.3. The lowest BCUT2D eigenvalue weighted by atomic mass is 10.1. The van der Waals surface area contributed by atoms with E-state index in [9.17, 15) is 0 Å². The maximum atomic E-state index is 4.52. The molecule has 0 aliphatic carbocycles. The molecule has 0 bridgehead atoms. The molecule has 2 aromatic rings. The van der Waals surface area contributed by atoms with Crippen molar-refractivity contribution in [1.29, 1.82) is 0 Å². The first-order valence-corrected chi connectivity index (χ1v) is 8.93. The molecule has 1 fully saturated rings. The average Bonchev–Trinajstić information content (AvgIpc) is 2.67. The van der Waals surface area contributed by atoms with Crippen LogP contribution in [0.25, 0.3) is 11.1 Å². The number of hydrogen-bond acceptors (Lipinski definition) is 3. The molecule has 3 heteroatoms. The summed E-state index contributed by atoms with van der Waals surface area (Å²) in [7, 11) is 2.17. The third-order valence-corrected chi connectivity index (χ3v) is 4.43. The van der Waals surface area contributed by atoms with E-state index in [0.717, 1.165) is 49.6 Å². The van der Waals surface area contributed by atoms with E-state index in [2.05, 4.69) is 64.9 Å². The molecule has 3 rings (SSSR count). The van der Waals surface area contributed by atoms with Crippen LogP contribution >= 0.6 is 0 Å². The van der Waals surface area contributed by atoms with Gasteiger partial charge in [0.1, 0.15) is 5.69 Å². The monoisotopic (exact) mass is 331 g/mol. The Kier molecular flexibility index (Phi) is 5.87. The molecule has 0 N–H and O–H groups in total. The molecule has 0 unspecified atom stereocenters. The van der Waals surface area contributed by atoms with E-state index >= 15 is 0 Å². The predicted octanol–water partition coefficient (Wildman–Crippen LogP) is 3.64. The molecule has 1 aromatic heterocycles. The zero-order valence-electron chi connectivity index (χ0n) is 15.1. The standard InChI is InChI=1S/C22H25N3/c1-3-7-22(25-16-14-24(2)15-17-25)13-12-21-11-10-20(18-23-21)19-8-5-4-6-9-19/h4-11,18H,3,14-17H2,1-2H3/b22-7+. The fourth-order valence-electron chi connectivity index (χ4n) is 2.90. The summed E-state index contributed by atoms with van der Waals surface area (Å²) in [6, 6.07) is 14.4. The first-order chi connectivity index (χ1) is 12.3. The molecule has 1 aliphatic rings. The molecular weight excluding hydrogens is 306 g/mol. The van der Waals surface area contributed by atoms with Crippen LogP contribution in [0.3, 0.4) is 0 Å². The molecule has 2 heterocycles. The zero-order chi connectivity index (χ0) is 17.5. The number of pyridine rings is 1. The topological polar surface area (TPSA) is 19.4 Å². The van der Waals surface area contributed by atoms with Crippen LogP contribution in [0.1, 0.15) is 19.0 Å². The molecule has 1 aliphatic heterocycles. The highest BCUT2D eigenvalue weighted by Crippen LogP contribution is 2.17. The number of likely N-dealkylation sites (N-methyl/N-ethyl adjacent to an activating group) is 1. The highest BCUT2D eigenvalue weighted by atomic mass is 15.2. The highest BCUT2D eigenvalue weighted by Gasteiger charge is 2.14. The largest absolute Gasteiger partial charge is 0.362 e. The van der Waals surface area contributed by atoms with E-state index in [1.807, 2.05) is 30.5 Å². The Morgan fingerprint density at radius 2 is 1.80 bits per heavy atom. The molecule has 3 nitrogen and oxygen atoms in total. The van der Waals surface area contributed by atoms with Gasteiger partial charge in [-0.05, 0) is 36.9 Å². The van der Waals surface area contributed by atoms with Gasteiger partial charge in [0.15, 0.2) is 0 Å². The maximum Gasteiger partial charge on any atom is 0.113 e. The molecule has 0 amide bonds. The van der Waals surface area contributed by atoms with Gasteiger partial charge in [0, 0.05) is 37.9 Å². The number of nitrogens with zero attached hydrogens (tertiary/aromatic N) is 3. The summed E-state index contributed by atoms with van der Waals surface area (Å²) in [5.41, 5.74) is 4.24. The van der Waals surface area contributed by atoms with E-state index in [1.165, 1.54) is 5.56 Å². The summed E-state index contributed by atoms with van der Waals surface area (Å²) in [6.45, 7) is 6.42. The van der Waals surface area contributed by atoms with Gasteiger partial charge in [0.2, 0.25) is 0 Å². The second-order valence-corrected chi connectivity index (χ2v) is 6.34. The van der Waals surface area contributed by atoms with Gasteiger partial charge in [-0.3, -0.25) is 0 Å². The summed E-state index contributed by atoms with van der Waals surface area (Å²) < 4.78 is 0. The highest BCUT2D eigenvalue weighted by molar-refractivity contribution is 5.62. The molecule has 25 heavy (non-hydrogen) atoms. The molecule has 128 valence electrons. The summed E-state index contributed by atoms with van der Waals surface area (Å²) >= 11 is 0. The molecule has 0 spiro atoms. The minimum absolute atomic E-state index is 0.816. The first-order valence-electron chi connectivity index (χ1n) is 8.93. The van der Waals surface area contributed by atoms with E-state index < -0.39 is 0 Å². The van der Waals surface area contributed by atoms with E-state index in [-0.39, 0.29) is 0 Å². The molecule has 1 saturated heterocycles. The van der Waals surface area contributed by atoms with E-state index in [0.29, 0.717) is 0 Å². The van der Waals surface area contributed by atoms with Crippen molar-refractivity contribution >= 4 is 0 Å². The van der Waals surface area contributed by atoms with Crippen LogP contribution < -0.4 is 0 Å². The van der Waals surface area contributed by atoms with Gasteiger partial charge >= 0.3 is 0 Å². The quantitative estimate of drug-likeness (QED) is 0.801. The van der Waals surface area contributed by atoms with Crippen LogP contribution in [0.5, 0.6) is 0 Å². The Balaban J connectivity index is 1.73. The minimum atomic E-state index is 0.816. The molecule has 1 aromatic carbocycles. The molecule has 0 atom stereocenters. The lowest BCUT2D eigenvalue weighted by Crippen LogP contribution is -2.43. The Labute approximate surface area is 151 Å². The summed E-state index contributed by atoms with van der Waals surface area (Å²) in [6.07, 6.45) is 5.12. The lowest BCUT2D eigenvalue weighted by Gasteiger charge is -2.33. The van der Waals surface area contributed by atoms with Crippen LogP contribution in [0.15, 0.2) is 60.4 Å². The smallest absolute Gasteiger partial charge is 0.113 e. The molecule has 0 radical (unpaired) electrons. The predicted molar refractivity (Wildman–Crippen MR) is 104 cm³/mol. The SMILES string of the molecule is CC/C=C(\C#Cc1ccc(-c2ccccc2)cn1)N1CCN(C)CC1. The fraction of sp³-hybridized carbons (Fsp3) is 0.318. The van der Waals surface area contributed by atoms with Crippen molar-refractivity contribution in [2.75, 3.05) is 33.2 Å². The Bertz CT molecular complexity index is 758. The van der Waals surface area contributed by atoms with Gasteiger partial charge in [-0.2, -0.15) is 0 Å². The van der Waals surface area contributed by atoms with Crippen molar-refractivity contribution in [3.63, 3.8) is 0 Å². The van der Waals surface area contributed by atoms with Gasteiger partial charge < -0.3 is 9.80 Å². The van der Waals surface area contributed by atoms with Gasteiger partial charge in [-0.25, -0.2) is 4.98 Å². The number of aromatic nitrogens is 1. The van der Waals surface area contributed by atoms with Crippen molar-refractivity contribution in [2.24, 2.45) is 0 Å². The van der Waals surface area contributed by atoms with Gasteiger partial charge in [0.25, 0.3) is 0 Å². The normalized spacial score (nSPS) is 15.6. The zero-order valence-corrected chi connectivity index (χ0v) is 15.1. The third kappa shape index (κ3) is 4.71. The van der Waals surface area contributed by atoms with Crippen molar-refractivity contribution in [3.05, 3.63) is 66.1 Å². The summed E-state index contributed by atoms with van der Waals surface area (Å²) in [4.78, 5) is 9.26. The van der Waals surface area contributed by atoms with Crippen molar-refractivity contribution in [1.82, 2.24) is 14.8 Å². The van der Waals surface area contributed by atoms with Crippen LogP contribution in [0.4, 0.5) is 0 Å². The van der Waals surface area contributed by atoms with Gasteiger partial charge in [-0.1, -0.05) is 49.4 Å². The number of piperazine rings is 1. The maximum absolute atomic E-state index is 4.52. The second-order valence-electron chi connectivity index (χ2n) is 6.34. The third-order valence-electron chi connectivity index (χ3n) is 4.43. The molecule has 0 saturated carbocycles. The van der Waals surface area contributed by atoms with E-state index in [4.69, 9.17) is 0 Å². The number of benzene rings is 1. The van der Waals surface area contributed by atoms with Crippen molar-refractivity contribution in [2.45, 2.75) is 13.3 Å². The van der Waals surface area contributed by atoms with Crippen LogP contribution in [-0.4, -0.2) is 48.0 Å². The number of allylic oxidation sites excluding steroid dienone is 2. The van der Waals surface area contributed by atoms with Crippen LogP contribution in [-0.2, 0) is 0 Å². The van der Waals surface area contributed by atoms with Gasteiger partial charge in [0.05, 0.1) is 5.70 Å².